The molecule has 0 radical (unpaired) electrons. The van der Waals surface area contributed by atoms with Gasteiger partial charge in [-0.25, -0.2) is 0 Å². The molecule has 3 saturated carbocycles. The second-order valence-electron chi connectivity index (χ2n) is 6.45. The zero-order chi connectivity index (χ0) is 11.9. The van der Waals surface area contributed by atoms with Gasteiger partial charge in [-0.3, -0.25) is 4.79 Å². The van der Waals surface area contributed by atoms with Crippen LogP contribution in [0.3, 0.4) is 0 Å². The monoisotopic (exact) mass is 236 g/mol. The van der Waals surface area contributed by atoms with Crippen molar-refractivity contribution in [1.29, 1.82) is 0 Å². The van der Waals surface area contributed by atoms with Gasteiger partial charge >= 0.3 is 0 Å². The zero-order valence-electron chi connectivity index (χ0n) is 10.6. The van der Waals surface area contributed by atoms with Gasteiger partial charge in [0.2, 0.25) is 5.91 Å². The Kier molecular flexibility index (Phi) is 2.89. The highest BCUT2D eigenvalue weighted by molar-refractivity contribution is 5.83. The van der Waals surface area contributed by atoms with Gasteiger partial charge in [-0.15, -0.1) is 0 Å². The lowest BCUT2D eigenvalue weighted by molar-refractivity contribution is -0.131. The van der Waals surface area contributed by atoms with Crippen molar-refractivity contribution in [3.8, 4) is 0 Å². The van der Waals surface area contributed by atoms with Crippen LogP contribution in [0.1, 0.15) is 51.4 Å². The van der Waals surface area contributed by atoms with Gasteiger partial charge in [-0.2, -0.15) is 0 Å². The average Bonchev–Trinajstić information content (AvgIpc) is 3.05. The number of amides is 1. The minimum absolute atomic E-state index is 0.220. The molecule has 3 nitrogen and oxygen atoms in total. The van der Waals surface area contributed by atoms with Crippen LogP contribution in [0, 0.1) is 17.3 Å². The molecule has 3 heteroatoms. The molecule has 0 heterocycles. The van der Waals surface area contributed by atoms with E-state index in [4.69, 9.17) is 5.73 Å². The van der Waals surface area contributed by atoms with Crippen molar-refractivity contribution < 1.29 is 4.79 Å². The molecule has 3 unspecified atom stereocenters. The van der Waals surface area contributed by atoms with E-state index in [1.807, 2.05) is 0 Å². The molecule has 3 atom stereocenters. The SMILES string of the molecule is NCC1(C(=O)NC2CC3CCC2C3)CCCC1. The maximum atomic E-state index is 12.4. The van der Waals surface area contributed by atoms with Gasteiger partial charge in [0.25, 0.3) is 0 Å². The van der Waals surface area contributed by atoms with E-state index in [0.717, 1.165) is 24.7 Å². The first-order valence-electron chi connectivity index (χ1n) is 7.24. The van der Waals surface area contributed by atoms with Crippen molar-refractivity contribution in [1.82, 2.24) is 5.32 Å². The summed E-state index contributed by atoms with van der Waals surface area (Å²) in [5, 5.41) is 3.33. The summed E-state index contributed by atoms with van der Waals surface area (Å²) in [6.45, 7) is 0.527. The van der Waals surface area contributed by atoms with Crippen LogP contribution in [0.5, 0.6) is 0 Å². The number of carbonyl (C=O) groups excluding carboxylic acids is 1. The van der Waals surface area contributed by atoms with E-state index in [9.17, 15) is 4.79 Å². The molecular weight excluding hydrogens is 212 g/mol. The van der Waals surface area contributed by atoms with Crippen LogP contribution in [0.2, 0.25) is 0 Å². The quantitative estimate of drug-likeness (QED) is 0.785. The van der Waals surface area contributed by atoms with Crippen LogP contribution in [0.4, 0.5) is 0 Å². The third kappa shape index (κ3) is 1.88. The highest BCUT2D eigenvalue weighted by Gasteiger charge is 2.44. The summed E-state index contributed by atoms with van der Waals surface area (Å²) >= 11 is 0. The molecule has 0 aromatic heterocycles. The molecule has 3 aliphatic rings. The molecule has 17 heavy (non-hydrogen) atoms. The molecule has 2 bridgehead atoms. The number of nitrogens with two attached hydrogens (primary N) is 1. The largest absolute Gasteiger partial charge is 0.353 e. The van der Waals surface area contributed by atoms with Gasteiger partial charge in [0.1, 0.15) is 0 Å². The van der Waals surface area contributed by atoms with Crippen LogP contribution < -0.4 is 11.1 Å². The number of hydrogen-bond acceptors (Lipinski definition) is 2. The molecule has 0 aliphatic heterocycles. The molecule has 1 amide bonds. The second-order valence-corrected chi connectivity index (χ2v) is 6.45. The predicted molar refractivity (Wildman–Crippen MR) is 67.3 cm³/mol. The fraction of sp³-hybridized carbons (Fsp3) is 0.929. The van der Waals surface area contributed by atoms with E-state index >= 15 is 0 Å². The predicted octanol–water partition coefficient (Wildman–Crippen LogP) is 1.81. The fourth-order valence-corrected chi connectivity index (χ4v) is 4.32. The fourth-order valence-electron chi connectivity index (χ4n) is 4.32. The molecule has 3 rings (SSSR count). The molecule has 0 saturated heterocycles. The maximum Gasteiger partial charge on any atom is 0.227 e. The van der Waals surface area contributed by atoms with Crippen LogP contribution in [-0.4, -0.2) is 18.5 Å². The highest BCUT2D eigenvalue weighted by atomic mass is 16.2. The molecule has 3 fully saturated rings. The average molecular weight is 236 g/mol. The van der Waals surface area contributed by atoms with Crippen molar-refractivity contribution in [2.24, 2.45) is 23.0 Å². The number of rotatable bonds is 3. The summed E-state index contributed by atoms with van der Waals surface area (Å²) in [4.78, 5) is 12.4. The van der Waals surface area contributed by atoms with Gasteiger partial charge in [0, 0.05) is 12.6 Å². The number of nitrogens with one attached hydrogen (secondary N) is 1. The van der Waals surface area contributed by atoms with E-state index in [1.165, 1.54) is 38.5 Å². The van der Waals surface area contributed by atoms with Gasteiger partial charge in [-0.1, -0.05) is 19.3 Å². The molecular formula is C14H24N2O. The van der Waals surface area contributed by atoms with E-state index < -0.39 is 0 Å². The number of fused-ring (bicyclic) bond motifs is 2. The van der Waals surface area contributed by atoms with Gasteiger partial charge in [-0.05, 0) is 43.9 Å². The van der Waals surface area contributed by atoms with E-state index in [0.29, 0.717) is 12.6 Å². The standard InChI is InChI=1S/C14H24N2O/c15-9-14(5-1-2-6-14)13(17)16-12-8-10-3-4-11(12)7-10/h10-12H,1-9,15H2,(H,16,17). The first kappa shape index (κ1) is 11.5. The molecule has 0 spiro atoms. The van der Waals surface area contributed by atoms with Crippen molar-refractivity contribution in [3.05, 3.63) is 0 Å². The smallest absolute Gasteiger partial charge is 0.227 e. The third-order valence-electron chi connectivity index (χ3n) is 5.49. The maximum absolute atomic E-state index is 12.4. The zero-order valence-corrected chi connectivity index (χ0v) is 10.6. The molecule has 96 valence electrons. The molecule has 3 N–H and O–H groups in total. The molecule has 0 aromatic carbocycles. The lowest BCUT2D eigenvalue weighted by Crippen LogP contribution is -2.49. The van der Waals surface area contributed by atoms with Crippen LogP contribution >= 0.6 is 0 Å². The third-order valence-corrected chi connectivity index (χ3v) is 5.49. The molecule has 3 aliphatic carbocycles. The Hall–Kier alpha value is -0.570. The minimum Gasteiger partial charge on any atom is -0.353 e. The second kappa shape index (κ2) is 4.27. The summed E-state index contributed by atoms with van der Waals surface area (Å²) in [6, 6.07) is 0.463. The summed E-state index contributed by atoms with van der Waals surface area (Å²) < 4.78 is 0. The Bertz CT molecular complexity index is 309. The normalized spacial score (nSPS) is 38.5. The Morgan fingerprint density at radius 2 is 2.00 bits per heavy atom. The number of carbonyl (C=O) groups is 1. The summed E-state index contributed by atoms with van der Waals surface area (Å²) in [5.74, 6) is 1.91. The van der Waals surface area contributed by atoms with Crippen molar-refractivity contribution >= 4 is 5.91 Å². The van der Waals surface area contributed by atoms with Crippen molar-refractivity contribution in [3.63, 3.8) is 0 Å². The lowest BCUT2D eigenvalue weighted by Gasteiger charge is -2.30. The van der Waals surface area contributed by atoms with Crippen LogP contribution in [0.25, 0.3) is 0 Å². The van der Waals surface area contributed by atoms with E-state index in [1.54, 1.807) is 0 Å². The minimum atomic E-state index is -0.220. The van der Waals surface area contributed by atoms with E-state index in [-0.39, 0.29) is 11.3 Å². The van der Waals surface area contributed by atoms with Gasteiger partial charge < -0.3 is 11.1 Å². The first-order chi connectivity index (χ1) is 8.23. The Balaban J connectivity index is 1.63. The lowest BCUT2D eigenvalue weighted by atomic mass is 9.84. The Labute approximate surface area is 104 Å². The summed E-state index contributed by atoms with van der Waals surface area (Å²) in [5.41, 5.74) is 5.64. The Morgan fingerprint density at radius 3 is 2.53 bits per heavy atom. The van der Waals surface area contributed by atoms with Crippen LogP contribution in [-0.2, 0) is 4.79 Å². The summed E-state index contributed by atoms with van der Waals surface area (Å²) in [6.07, 6.45) is 9.61. The summed E-state index contributed by atoms with van der Waals surface area (Å²) in [7, 11) is 0. The van der Waals surface area contributed by atoms with Crippen LogP contribution in [0.15, 0.2) is 0 Å². The van der Waals surface area contributed by atoms with Gasteiger partial charge in [0.05, 0.1) is 5.41 Å². The van der Waals surface area contributed by atoms with Crippen molar-refractivity contribution in [2.75, 3.05) is 6.54 Å². The van der Waals surface area contributed by atoms with E-state index in [2.05, 4.69) is 5.32 Å². The number of hydrogen-bond donors (Lipinski definition) is 2. The first-order valence-corrected chi connectivity index (χ1v) is 7.24. The van der Waals surface area contributed by atoms with Crippen molar-refractivity contribution in [2.45, 2.75) is 57.4 Å². The Morgan fingerprint density at radius 1 is 1.24 bits per heavy atom. The highest BCUT2D eigenvalue weighted by Crippen LogP contribution is 2.45. The molecule has 0 aromatic rings. The van der Waals surface area contributed by atoms with Gasteiger partial charge in [0.15, 0.2) is 0 Å². The topological polar surface area (TPSA) is 55.1 Å².